The summed E-state index contributed by atoms with van der Waals surface area (Å²) < 4.78 is 0. The van der Waals surface area contributed by atoms with Gasteiger partial charge in [0.2, 0.25) is 0 Å². The number of aromatic amines is 2. The highest BCUT2D eigenvalue weighted by Crippen LogP contribution is 2.08. The molecule has 0 spiro atoms. The van der Waals surface area contributed by atoms with E-state index in [1.807, 2.05) is 35.0 Å². The van der Waals surface area contributed by atoms with Crippen LogP contribution in [0.3, 0.4) is 0 Å². The maximum absolute atomic E-state index is 12.0. The first-order valence-electron chi connectivity index (χ1n) is 5.85. The molecule has 3 aromatic heterocycles. The van der Waals surface area contributed by atoms with Gasteiger partial charge < -0.3 is 9.97 Å². The van der Waals surface area contributed by atoms with Crippen molar-refractivity contribution in [3.8, 4) is 0 Å². The lowest BCUT2D eigenvalue weighted by Gasteiger charge is -1.90. The molecule has 3 rings (SSSR count). The van der Waals surface area contributed by atoms with Crippen LogP contribution in [-0.2, 0) is 0 Å². The fourth-order valence-corrected chi connectivity index (χ4v) is 3.04. The van der Waals surface area contributed by atoms with Gasteiger partial charge in [-0.25, -0.2) is 0 Å². The maximum atomic E-state index is 12.0. The van der Waals surface area contributed by atoms with Crippen LogP contribution in [0.1, 0.15) is 9.75 Å². The van der Waals surface area contributed by atoms with Gasteiger partial charge in [-0.1, -0.05) is 12.1 Å². The normalized spacial score (nSPS) is 13.0. The van der Waals surface area contributed by atoms with E-state index in [4.69, 9.17) is 0 Å². The van der Waals surface area contributed by atoms with E-state index in [1.54, 1.807) is 12.2 Å². The van der Waals surface area contributed by atoms with Crippen LogP contribution in [0.25, 0.3) is 12.2 Å². The second-order valence-electron chi connectivity index (χ2n) is 4.06. The third kappa shape index (κ3) is 2.71. The van der Waals surface area contributed by atoms with Gasteiger partial charge in [-0.3, -0.25) is 9.59 Å². The van der Waals surface area contributed by atoms with E-state index in [0.717, 1.165) is 9.75 Å². The zero-order valence-corrected chi connectivity index (χ0v) is 11.9. The molecule has 0 radical (unpaired) electrons. The molecule has 0 aliphatic rings. The average Bonchev–Trinajstić information content (AvgIpc) is 3.08. The van der Waals surface area contributed by atoms with Gasteiger partial charge in [0, 0.05) is 9.75 Å². The molecule has 6 heteroatoms. The average molecular weight is 302 g/mol. The minimum Gasteiger partial charge on any atom is -0.316 e. The number of aromatic nitrogens is 2. The molecule has 3 heterocycles. The largest absolute Gasteiger partial charge is 0.316 e. The van der Waals surface area contributed by atoms with Crippen molar-refractivity contribution in [2.45, 2.75) is 0 Å². The van der Waals surface area contributed by atoms with Gasteiger partial charge in [0.1, 0.15) is 10.7 Å². The maximum Gasteiger partial charge on any atom is 0.272 e. The van der Waals surface area contributed by atoms with E-state index in [2.05, 4.69) is 9.97 Å². The van der Waals surface area contributed by atoms with Gasteiger partial charge in [0.15, 0.2) is 0 Å². The molecule has 0 unspecified atom stereocenters. The van der Waals surface area contributed by atoms with Crippen molar-refractivity contribution in [1.29, 1.82) is 0 Å². The molecular formula is C14H10N2O2S2. The monoisotopic (exact) mass is 302 g/mol. The van der Waals surface area contributed by atoms with Gasteiger partial charge in [-0.15, -0.1) is 22.7 Å². The topological polar surface area (TPSA) is 65.7 Å². The van der Waals surface area contributed by atoms with Crippen LogP contribution >= 0.6 is 22.7 Å². The lowest BCUT2D eigenvalue weighted by Crippen LogP contribution is -2.46. The number of rotatable bonds is 2. The highest BCUT2D eigenvalue weighted by Gasteiger charge is 1.97. The van der Waals surface area contributed by atoms with Gasteiger partial charge in [0.25, 0.3) is 11.1 Å². The van der Waals surface area contributed by atoms with Crippen LogP contribution < -0.4 is 21.8 Å². The van der Waals surface area contributed by atoms with E-state index in [-0.39, 0.29) is 21.8 Å². The molecule has 20 heavy (non-hydrogen) atoms. The molecule has 0 atom stereocenters. The molecule has 0 aromatic carbocycles. The highest BCUT2D eigenvalue weighted by atomic mass is 32.1. The van der Waals surface area contributed by atoms with Crippen LogP contribution in [0.5, 0.6) is 0 Å². The summed E-state index contributed by atoms with van der Waals surface area (Å²) >= 11 is 3.01. The van der Waals surface area contributed by atoms with Gasteiger partial charge in [0.05, 0.1) is 0 Å². The van der Waals surface area contributed by atoms with Crippen LogP contribution in [0, 0.1) is 0 Å². The summed E-state index contributed by atoms with van der Waals surface area (Å²) in [6.07, 6.45) is 3.33. The molecule has 3 aromatic rings. The van der Waals surface area contributed by atoms with Crippen molar-refractivity contribution >= 4 is 34.8 Å². The highest BCUT2D eigenvalue weighted by molar-refractivity contribution is 7.11. The van der Waals surface area contributed by atoms with E-state index in [0.29, 0.717) is 0 Å². The fraction of sp³-hybridized carbons (Fsp3) is 0. The molecule has 0 saturated heterocycles. The minimum atomic E-state index is -0.305. The van der Waals surface area contributed by atoms with Gasteiger partial charge >= 0.3 is 0 Å². The molecule has 0 aliphatic carbocycles. The summed E-state index contributed by atoms with van der Waals surface area (Å²) in [6.45, 7) is 0. The van der Waals surface area contributed by atoms with Gasteiger partial charge in [-0.05, 0) is 35.0 Å². The zero-order chi connectivity index (χ0) is 13.9. The predicted molar refractivity (Wildman–Crippen MR) is 82.7 cm³/mol. The first kappa shape index (κ1) is 12.8. The quantitative estimate of drug-likeness (QED) is 0.737. The van der Waals surface area contributed by atoms with Crippen LogP contribution in [-0.4, -0.2) is 9.97 Å². The SMILES string of the molecule is O=c1[nH]/c(=C/c2cccs2)c(=O)[nH]/c1=C/c1cccs1. The fourth-order valence-electron chi connectivity index (χ4n) is 1.73. The van der Waals surface area contributed by atoms with Crippen molar-refractivity contribution in [1.82, 2.24) is 9.97 Å². The van der Waals surface area contributed by atoms with Gasteiger partial charge in [-0.2, -0.15) is 0 Å². The van der Waals surface area contributed by atoms with E-state index in [9.17, 15) is 9.59 Å². The van der Waals surface area contributed by atoms with E-state index < -0.39 is 0 Å². The minimum absolute atomic E-state index is 0.265. The first-order valence-corrected chi connectivity index (χ1v) is 7.61. The molecule has 2 N–H and O–H groups in total. The summed E-state index contributed by atoms with van der Waals surface area (Å²) in [5.74, 6) is 0. The van der Waals surface area contributed by atoms with Crippen LogP contribution in [0.2, 0.25) is 0 Å². The Morgan fingerprint density at radius 1 is 0.800 bits per heavy atom. The van der Waals surface area contributed by atoms with Crippen molar-refractivity contribution < 1.29 is 0 Å². The Kier molecular flexibility index (Phi) is 3.49. The van der Waals surface area contributed by atoms with Crippen LogP contribution in [0.4, 0.5) is 0 Å². The molecule has 0 aliphatic heterocycles. The van der Waals surface area contributed by atoms with Crippen molar-refractivity contribution in [2.75, 3.05) is 0 Å². The molecular weight excluding hydrogens is 292 g/mol. The first-order chi connectivity index (χ1) is 9.72. The Balaban J connectivity index is 2.18. The Bertz CT molecular complexity index is 852. The number of thiophene rings is 2. The lowest BCUT2D eigenvalue weighted by atomic mass is 10.4. The standard InChI is InChI=1S/C14H10N2O2S2/c17-13-11(7-9-3-1-5-19-9)15-14(18)12(16-13)8-10-4-2-6-20-10/h1-8H,(H,15,18)(H,16,17)/b11-7+,12-8+. The molecule has 0 saturated carbocycles. The van der Waals surface area contributed by atoms with Crippen molar-refractivity contribution in [3.63, 3.8) is 0 Å². The molecule has 0 amide bonds. The van der Waals surface area contributed by atoms with Crippen molar-refractivity contribution in [2.24, 2.45) is 0 Å². The number of H-pyrrole nitrogens is 2. The van der Waals surface area contributed by atoms with Crippen molar-refractivity contribution in [3.05, 3.63) is 76.2 Å². The summed E-state index contributed by atoms with van der Waals surface area (Å²) in [5, 5.41) is 4.36. The Morgan fingerprint density at radius 3 is 1.60 bits per heavy atom. The number of nitrogens with one attached hydrogen (secondary N) is 2. The number of hydrogen-bond donors (Lipinski definition) is 2. The second-order valence-corrected chi connectivity index (χ2v) is 6.01. The predicted octanol–water partition coefficient (Wildman–Crippen LogP) is 0.844. The third-order valence-corrected chi connectivity index (χ3v) is 4.28. The van der Waals surface area contributed by atoms with E-state index in [1.165, 1.54) is 22.7 Å². The number of hydrogen-bond acceptors (Lipinski definition) is 4. The summed E-state index contributed by atoms with van der Waals surface area (Å²) in [7, 11) is 0. The smallest absolute Gasteiger partial charge is 0.272 e. The summed E-state index contributed by atoms with van der Waals surface area (Å²) in [5.41, 5.74) is -0.610. The molecule has 100 valence electrons. The Labute approximate surface area is 121 Å². The molecule has 0 fully saturated rings. The Hall–Kier alpha value is -2.18. The summed E-state index contributed by atoms with van der Waals surface area (Å²) in [6, 6.07) is 7.55. The molecule has 4 nitrogen and oxygen atoms in total. The third-order valence-electron chi connectivity index (χ3n) is 2.65. The zero-order valence-electron chi connectivity index (χ0n) is 10.3. The van der Waals surface area contributed by atoms with Crippen LogP contribution in [0.15, 0.2) is 44.6 Å². The molecule has 0 bridgehead atoms. The second kappa shape index (κ2) is 5.44. The Morgan fingerprint density at radius 2 is 1.25 bits per heavy atom. The van der Waals surface area contributed by atoms with E-state index >= 15 is 0 Å². The summed E-state index contributed by atoms with van der Waals surface area (Å²) in [4.78, 5) is 31.0. The lowest BCUT2D eigenvalue weighted by molar-refractivity contribution is 1.00.